The van der Waals surface area contributed by atoms with Gasteiger partial charge in [0.2, 0.25) is 5.91 Å². The molecular weight excluding hydrogens is 465 g/mol. The predicted octanol–water partition coefficient (Wildman–Crippen LogP) is 4.89. The zero-order valence-electron chi connectivity index (χ0n) is 19.6. The normalized spacial score (nSPS) is 17.1. The number of nitrogens with zero attached hydrogens (tertiary/aromatic N) is 2. The molecule has 0 radical (unpaired) electrons. The van der Waals surface area contributed by atoms with Gasteiger partial charge in [0.1, 0.15) is 28.9 Å². The average Bonchev–Trinajstić information content (AvgIpc) is 3.60. The summed E-state index contributed by atoms with van der Waals surface area (Å²) >= 11 is 1.40. The number of nitrogens with one attached hydrogen (secondary N) is 1. The third-order valence-corrected chi connectivity index (χ3v) is 7.37. The molecule has 1 aromatic heterocycles. The van der Waals surface area contributed by atoms with E-state index >= 15 is 0 Å². The van der Waals surface area contributed by atoms with Crippen LogP contribution in [0.15, 0.2) is 47.8 Å². The maximum Gasteiger partial charge on any atom is 0.270 e. The van der Waals surface area contributed by atoms with Crippen LogP contribution >= 0.6 is 11.3 Å². The fourth-order valence-corrected chi connectivity index (χ4v) is 5.12. The molecule has 182 valence electrons. The summed E-state index contributed by atoms with van der Waals surface area (Å²) in [4.78, 5) is 31.3. The van der Waals surface area contributed by atoms with E-state index in [4.69, 9.17) is 4.74 Å². The van der Waals surface area contributed by atoms with Gasteiger partial charge in [-0.15, -0.1) is 11.3 Å². The highest BCUT2D eigenvalue weighted by molar-refractivity contribution is 7.09. The molecule has 1 fully saturated rings. The lowest BCUT2D eigenvalue weighted by Gasteiger charge is -2.38. The van der Waals surface area contributed by atoms with Gasteiger partial charge in [-0.3, -0.25) is 9.59 Å². The molecule has 0 bridgehead atoms. The fraction of sp³-hybridized carbons (Fsp3) is 0.370. The van der Waals surface area contributed by atoms with Crippen molar-refractivity contribution in [1.29, 1.82) is 0 Å². The van der Waals surface area contributed by atoms with Crippen molar-refractivity contribution >= 4 is 23.2 Å². The lowest BCUT2D eigenvalue weighted by Crippen LogP contribution is -2.40. The van der Waals surface area contributed by atoms with Crippen LogP contribution in [0.5, 0.6) is 5.75 Å². The second-order valence-corrected chi connectivity index (χ2v) is 10.0. The molecule has 8 heteroatoms. The standard InChI is InChI=1S/C27H28FN3O3S/c1-2-25(32)31-12-11-18-7-10-21(13-22(18)26(31)19-5-8-20(28)9-6-19)34-15-24-30-23(16-35-24)27(33)29-14-17-3-4-17/h5-10,13,16-17,26H,2-4,11-12,14-15H2,1H3,(H,29,33). The van der Waals surface area contributed by atoms with Gasteiger partial charge in [-0.25, -0.2) is 9.37 Å². The monoisotopic (exact) mass is 493 g/mol. The molecule has 35 heavy (non-hydrogen) atoms. The first-order valence-corrected chi connectivity index (χ1v) is 12.9. The Morgan fingerprint density at radius 1 is 1.20 bits per heavy atom. The van der Waals surface area contributed by atoms with Crippen molar-refractivity contribution in [2.75, 3.05) is 13.1 Å². The van der Waals surface area contributed by atoms with E-state index in [-0.39, 0.29) is 30.3 Å². The number of thiazole rings is 1. The van der Waals surface area contributed by atoms with Gasteiger partial charge in [0, 0.05) is 24.9 Å². The highest BCUT2D eigenvalue weighted by Gasteiger charge is 2.31. The van der Waals surface area contributed by atoms with Crippen molar-refractivity contribution in [3.05, 3.63) is 81.1 Å². The minimum absolute atomic E-state index is 0.0616. The number of carbonyl (C=O) groups excluding carboxylic acids is 2. The molecule has 1 unspecified atom stereocenters. The third kappa shape index (κ3) is 5.37. The van der Waals surface area contributed by atoms with Crippen LogP contribution < -0.4 is 10.1 Å². The molecule has 2 aromatic carbocycles. The molecule has 1 saturated carbocycles. The van der Waals surface area contributed by atoms with Crippen molar-refractivity contribution in [2.45, 2.75) is 45.3 Å². The Balaban J connectivity index is 1.33. The van der Waals surface area contributed by atoms with E-state index in [2.05, 4.69) is 10.3 Å². The van der Waals surface area contributed by atoms with Gasteiger partial charge < -0.3 is 15.0 Å². The molecule has 1 aliphatic carbocycles. The number of ether oxygens (including phenoxy) is 1. The Kier molecular flexibility index (Phi) is 6.81. The summed E-state index contributed by atoms with van der Waals surface area (Å²) in [6.07, 6.45) is 3.53. The molecule has 2 heterocycles. The summed E-state index contributed by atoms with van der Waals surface area (Å²) in [5.41, 5.74) is 3.43. The van der Waals surface area contributed by atoms with Gasteiger partial charge in [0.05, 0.1) is 6.04 Å². The molecule has 6 nitrogen and oxygen atoms in total. The highest BCUT2D eigenvalue weighted by atomic mass is 32.1. The third-order valence-electron chi connectivity index (χ3n) is 6.55. The first-order chi connectivity index (χ1) is 17.0. The highest BCUT2D eigenvalue weighted by Crippen LogP contribution is 2.37. The van der Waals surface area contributed by atoms with E-state index in [0.717, 1.165) is 28.1 Å². The maximum absolute atomic E-state index is 13.6. The van der Waals surface area contributed by atoms with E-state index in [1.54, 1.807) is 17.5 Å². The minimum atomic E-state index is -0.306. The van der Waals surface area contributed by atoms with Crippen molar-refractivity contribution in [1.82, 2.24) is 15.2 Å². The van der Waals surface area contributed by atoms with Crippen molar-refractivity contribution in [2.24, 2.45) is 5.92 Å². The van der Waals surface area contributed by atoms with Crippen LogP contribution in [-0.4, -0.2) is 34.8 Å². The summed E-state index contributed by atoms with van der Waals surface area (Å²) in [6, 6.07) is 12.0. The van der Waals surface area contributed by atoms with E-state index in [1.165, 1.54) is 36.3 Å². The molecule has 5 rings (SSSR count). The van der Waals surface area contributed by atoms with Gasteiger partial charge in [-0.2, -0.15) is 0 Å². The first-order valence-electron chi connectivity index (χ1n) is 12.0. The van der Waals surface area contributed by atoms with Gasteiger partial charge in [-0.05, 0) is 66.1 Å². The van der Waals surface area contributed by atoms with E-state index < -0.39 is 0 Å². The van der Waals surface area contributed by atoms with E-state index in [0.29, 0.717) is 36.9 Å². The number of aromatic nitrogens is 1. The molecule has 2 amide bonds. The molecular formula is C27H28FN3O3S. The summed E-state index contributed by atoms with van der Waals surface area (Å²) in [6.45, 7) is 3.43. The number of fused-ring (bicyclic) bond motifs is 1. The van der Waals surface area contributed by atoms with Gasteiger partial charge in [0.25, 0.3) is 5.91 Å². The second-order valence-electron chi connectivity index (χ2n) is 9.07. The van der Waals surface area contributed by atoms with Crippen LogP contribution in [0.1, 0.15) is 64.4 Å². The van der Waals surface area contributed by atoms with Crippen LogP contribution in [0, 0.1) is 11.7 Å². The van der Waals surface area contributed by atoms with Crippen LogP contribution in [-0.2, 0) is 17.8 Å². The second kappa shape index (κ2) is 10.2. The molecule has 0 saturated heterocycles. The molecule has 2 aliphatic rings. The van der Waals surface area contributed by atoms with Gasteiger partial charge in [0.15, 0.2) is 0 Å². The summed E-state index contributed by atoms with van der Waals surface area (Å²) in [5, 5.41) is 5.41. The Morgan fingerprint density at radius 3 is 2.74 bits per heavy atom. The summed E-state index contributed by atoms with van der Waals surface area (Å²) in [7, 11) is 0. The van der Waals surface area contributed by atoms with Crippen LogP contribution in [0.3, 0.4) is 0 Å². The topological polar surface area (TPSA) is 71.5 Å². The number of hydrogen-bond acceptors (Lipinski definition) is 5. The van der Waals surface area contributed by atoms with Crippen LogP contribution in [0.25, 0.3) is 0 Å². The molecule has 0 spiro atoms. The van der Waals surface area contributed by atoms with Crippen LogP contribution in [0.4, 0.5) is 4.39 Å². The van der Waals surface area contributed by atoms with Crippen molar-refractivity contribution in [3.8, 4) is 5.75 Å². The molecule has 3 aromatic rings. The van der Waals surface area contributed by atoms with Crippen molar-refractivity contribution in [3.63, 3.8) is 0 Å². The zero-order valence-corrected chi connectivity index (χ0v) is 20.4. The number of hydrogen-bond donors (Lipinski definition) is 1. The summed E-state index contributed by atoms with van der Waals surface area (Å²) in [5.74, 6) is 0.894. The number of rotatable bonds is 8. The first kappa shape index (κ1) is 23.5. The fourth-order valence-electron chi connectivity index (χ4n) is 4.44. The quantitative estimate of drug-likeness (QED) is 0.485. The van der Waals surface area contributed by atoms with E-state index in [9.17, 15) is 14.0 Å². The Labute approximate surface area is 208 Å². The van der Waals surface area contributed by atoms with E-state index in [1.807, 2.05) is 30.0 Å². The SMILES string of the molecule is CCC(=O)N1CCc2ccc(OCc3nc(C(=O)NCC4CC4)cs3)cc2C1c1ccc(F)cc1. The predicted molar refractivity (Wildman–Crippen MR) is 132 cm³/mol. The lowest BCUT2D eigenvalue weighted by molar-refractivity contribution is -0.132. The minimum Gasteiger partial charge on any atom is -0.486 e. The Hall–Kier alpha value is -3.26. The van der Waals surface area contributed by atoms with Gasteiger partial charge >= 0.3 is 0 Å². The molecule has 1 atom stereocenters. The smallest absolute Gasteiger partial charge is 0.270 e. The molecule has 1 N–H and O–H groups in total. The molecule has 1 aliphatic heterocycles. The largest absolute Gasteiger partial charge is 0.486 e. The summed E-state index contributed by atoms with van der Waals surface area (Å²) < 4.78 is 19.6. The number of carbonyl (C=O) groups is 2. The Morgan fingerprint density at radius 2 is 2.00 bits per heavy atom. The van der Waals surface area contributed by atoms with Crippen LogP contribution in [0.2, 0.25) is 0 Å². The Bertz CT molecular complexity index is 1220. The number of halogens is 1. The maximum atomic E-state index is 13.6. The number of amides is 2. The number of benzene rings is 2. The van der Waals surface area contributed by atoms with Crippen molar-refractivity contribution < 1.29 is 18.7 Å². The average molecular weight is 494 g/mol. The zero-order chi connectivity index (χ0) is 24.4. The van der Waals surface area contributed by atoms with Gasteiger partial charge in [-0.1, -0.05) is 25.1 Å². The lowest BCUT2D eigenvalue weighted by atomic mass is 9.87.